The number of morpholine rings is 1. The van der Waals surface area contributed by atoms with Crippen molar-refractivity contribution in [1.82, 2.24) is 4.90 Å². The van der Waals surface area contributed by atoms with E-state index in [0.29, 0.717) is 11.8 Å². The van der Waals surface area contributed by atoms with Crippen LogP contribution in [-0.2, 0) is 9.53 Å². The summed E-state index contributed by atoms with van der Waals surface area (Å²) in [6, 6.07) is 0. The van der Waals surface area contributed by atoms with Gasteiger partial charge in [0.05, 0.1) is 11.7 Å². The molecule has 0 aromatic carbocycles. The lowest BCUT2D eigenvalue weighted by molar-refractivity contribution is -0.160. The van der Waals surface area contributed by atoms with Gasteiger partial charge in [-0.25, -0.2) is 0 Å². The number of hydrogen-bond acceptors (Lipinski definition) is 2. The first-order valence-corrected chi connectivity index (χ1v) is 8.13. The monoisotopic (exact) mass is 315 g/mol. The molecule has 1 heterocycles. The summed E-state index contributed by atoms with van der Waals surface area (Å²) in [7, 11) is 0. The van der Waals surface area contributed by atoms with Gasteiger partial charge in [-0.2, -0.15) is 0 Å². The van der Waals surface area contributed by atoms with Crippen LogP contribution in [0, 0.1) is 17.8 Å². The highest BCUT2D eigenvalue weighted by atomic mass is 79.9. The number of carbonyl (C=O) groups excluding carboxylic acids is 1. The second kappa shape index (κ2) is 4.48. The summed E-state index contributed by atoms with van der Waals surface area (Å²) in [4.78, 5) is 14.6. The fourth-order valence-electron chi connectivity index (χ4n) is 3.72. The predicted molar refractivity (Wildman–Crippen MR) is 73.6 cm³/mol. The van der Waals surface area contributed by atoms with Crippen LogP contribution in [-0.4, -0.2) is 40.9 Å². The summed E-state index contributed by atoms with van der Waals surface area (Å²) < 4.78 is 5.96. The first-order chi connectivity index (χ1) is 8.48. The number of rotatable bonds is 2. The second-order valence-electron chi connectivity index (χ2n) is 6.80. The molecule has 2 saturated carbocycles. The molecule has 2 aliphatic carbocycles. The van der Waals surface area contributed by atoms with E-state index < -0.39 is 0 Å². The number of alkyl halides is 1. The van der Waals surface area contributed by atoms with Gasteiger partial charge in [-0.3, -0.25) is 4.79 Å². The maximum absolute atomic E-state index is 12.6. The van der Waals surface area contributed by atoms with E-state index in [1.54, 1.807) is 0 Å². The van der Waals surface area contributed by atoms with Crippen molar-refractivity contribution in [1.29, 1.82) is 0 Å². The Hall–Kier alpha value is -0.0900. The molecule has 4 heteroatoms. The lowest BCUT2D eigenvalue weighted by Gasteiger charge is -2.43. The Morgan fingerprint density at radius 2 is 2.00 bits per heavy atom. The number of amides is 1. The summed E-state index contributed by atoms with van der Waals surface area (Å²) in [6.45, 7) is 5.64. The van der Waals surface area contributed by atoms with Crippen molar-refractivity contribution in [3.63, 3.8) is 0 Å². The molecular formula is C14H22BrNO2. The smallest absolute Gasteiger partial charge is 0.225 e. The van der Waals surface area contributed by atoms with Crippen LogP contribution in [0.25, 0.3) is 0 Å². The van der Waals surface area contributed by atoms with Gasteiger partial charge in [0.15, 0.2) is 0 Å². The van der Waals surface area contributed by atoms with Crippen molar-refractivity contribution < 1.29 is 9.53 Å². The third-order valence-electron chi connectivity index (χ3n) is 4.56. The quantitative estimate of drug-likeness (QED) is 0.732. The van der Waals surface area contributed by atoms with Crippen LogP contribution < -0.4 is 0 Å². The van der Waals surface area contributed by atoms with E-state index in [1.807, 2.05) is 4.90 Å². The molecule has 3 nitrogen and oxygen atoms in total. The zero-order valence-electron chi connectivity index (χ0n) is 11.2. The van der Waals surface area contributed by atoms with E-state index in [9.17, 15) is 4.79 Å². The Labute approximate surface area is 117 Å². The van der Waals surface area contributed by atoms with Gasteiger partial charge in [0, 0.05) is 24.3 Å². The largest absolute Gasteiger partial charge is 0.368 e. The summed E-state index contributed by atoms with van der Waals surface area (Å²) >= 11 is 3.48. The fourth-order valence-corrected chi connectivity index (χ4v) is 4.06. The number of halogens is 1. The molecule has 0 radical (unpaired) electrons. The van der Waals surface area contributed by atoms with Crippen LogP contribution in [0.4, 0.5) is 0 Å². The van der Waals surface area contributed by atoms with E-state index >= 15 is 0 Å². The normalized spacial score (nSPS) is 41.6. The first kappa shape index (κ1) is 12.9. The van der Waals surface area contributed by atoms with Crippen LogP contribution >= 0.6 is 15.9 Å². The van der Waals surface area contributed by atoms with Crippen molar-refractivity contribution in [2.45, 2.75) is 44.8 Å². The molecule has 102 valence electrons. The van der Waals surface area contributed by atoms with Crippen LogP contribution in [0.1, 0.15) is 33.1 Å². The van der Waals surface area contributed by atoms with Gasteiger partial charge < -0.3 is 9.64 Å². The van der Waals surface area contributed by atoms with Crippen molar-refractivity contribution in [2.75, 3.05) is 18.4 Å². The summed E-state index contributed by atoms with van der Waals surface area (Å²) in [5.74, 6) is 2.43. The highest BCUT2D eigenvalue weighted by molar-refractivity contribution is 9.09. The molecule has 1 saturated heterocycles. The molecule has 3 unspecified atom stereocenters. The summed E-state index contributed by atoms with van der Waals surface area (Å²) in [6.07, 6.45) is 3.79. The van der Waals surface area contributed by atoms with Gasteiger partial charge in [0.25, 0.3) is 0 Å². The maximum Gasteiger partial charge on any atom is 0.225 e. The van der Waals surface area contributed by atoms with Crippen LogP contribution in [0.2, 0.25) is 0 Å². The predicted octanol–water partition coefficient (Wildman–Crippen LogP) is 2.43. The first-order valence-electron chi connectivity index (χ1n) is 7.01. The van der Waals surface area contributed by atoms with Gasteiger partial charge in [-0.15, -0.1) is 0 Å². The minimum absolute atomic E-state index is 0.133. The van der Waals surface area contributed by atoms with Gasteiger partial charge in [-0.1, -0.05) is 15.9 Å². The van der Waals surface area contributed by atoms with Crippen molar-refractivity contribution in [3.05, 3.63) is 0 Å². The third kappa shape index (κ3) is 2.46. The molecule has 0 bridgehead atoms. The molecule has 3 atom stereocenters. The molecule has 18 heavy (non-hydrogen) atoms. The average Bonchev–Trinajstić information content (AvgIpc) is 2.93. The second-order valence-corrected chi connectivity index (χ2v) is 7.44. The minimum Gasteiger partial charge on any atom is -0.368 e. The number of fused-ring (bicyclic) bond motifs is 1. The number of hydrogen-bond donors (Lipinski definition) is 0. The number of ether oxygens (including phenoxy) is 1. The van der Waals surface area contributed by atoms with Crippen LogP contribution in [0.3, 0.4) is 0 Å². The van der Waals surface area contributed by atoms with Crippen molar-refractivity contribution in [2.24, 2.45) is 17.8 Å². The third-order valence-corrected chi connectivity index (χ3v) is 5.28. The standard InChI is InChI=1S/C14H22BrNO2/c1-14(2)8-16(7-12(6-15)18-14)13(17)11-4-9-3-10(9)5-11/h9-12H,3-8H2,1-2H3. The molecule has 1 aliphatic heterocycles. The Bertz CT molecular complexity index is 348. The topological polar surface area (TPSA) is 29.5 Å². The maximum atomic E-state index is 12.6. The highest BCUT2D eigenvalue weighted by Gasteiger charge is 2.49. The molecule has 0 spiro atoms. The van der Waals surface area contributed by atoms with Gasteiger partial charge >= 0.3 is 0 Å². The van der Waals surface area contributed by atoms with Gasteiger partial charge in [0.2, 0.25) is 5.91 Å². The van der Waals surface area contributed by atoms with Crippen molar-refractivity contribution in [3.8, 4) is 0 Å². The molecule has 0 aromatic rings. The van der Waals surface area contributed by atoms with Crippen LogP contribution in [0.15, 0.2) is 0 Å². The molecule has 3 aliphatic rings. The zero-order chi connectivity index (χ0) is 12.9. The molecule has 0 aromatic heterocycles. The minimum atomic E-state index is -0.214. The Morgan fingerprint density at radius 1 is 1.33 bits per heavy atom. The Balaban J connectivity index is 1.65. The summed E-state index contributed by atoms with van der Waals surface area (Å²) in [5, 5.41) is 0.802. The van der Waals surface area contributed by atoms with E-state index in [-0.39, 0.29) is 11.7 Å². The van der Waals surface area contributed by atoms with Gasteiger partial charge in [0.1, 0.15) is 0 Å². The van der Waals surface area contributed by atoms with E-state index in [1.165, 1.54) is 6.42 Å². The van der Waals surface area contributed by atoms with E-state index in [0.717, 1.165) is 43.1 Å². The Morgan fingerprint density at radius 3 is 2.61 bits per heavy atom. The zero-order valence-corrected chi connectivity index (χ0v) is 12.8. The van der Waals surface area contributed by atoms with Crippen molar-refractivity contribution >= 4 is 21.8 Å². The van der Waals surface area contributed by atoms with Gasteiger partial charge in [-0.05, 0) is 44.9 Å². The Kier molecular flexibility index (Phi) is 3.22. The lowest BCUT2D eigenvalue weighted by Crippen LogP contribution is -2.56. The average molecular weight is 316 g/mol. The number of carbonyl (C=O) groups is 1. The van der Waals surface area contributed by atoms with Crippen LogP contribution in [0.5, 0.6) is 0 Å². The molecule has 3 fully saturated rings. The highest BCUT2D eigenvalue weighted by Crippen LogP contribution is 2.54. The number of nitrogens with zero attached hydrogens (tertiary/aromatic N) is 1. The molecular weight excluding hydrogens is 294 g/mol. The van der Waals surface area contributed by atoms with E-state index in [4.69, 9.17) is 4.74 Å². The summed E-state index contributed by atoms with van der Waals surface area (Å²) in [5.41, 5.74) is -0.214. The molecule has 1 amide bonds. The SMILES string of the molecule is CC1(C)CN(C(=O)C2CC3CC3C2)CC(CBr)O1. The lowest BCUT2D eigenvalue weighted by atomic mass is 9.99. The fraction of sp³-hybridized carbons (Fsp3) is 0.929. The molecule has 3 rings (SSSR count). The molecule has 0 N–H and O–H groups in total. The van der Waals surface area contributed by atoms with E-state index in [2.05, 4.69) is 29.8 Å².